The number of hydrogen-bond acceptors (Lipinski definition) is 4. The lowest BCUT2D eigenvalue weighted by molar-refractivity contribution is -0.137. The molecule has 0 aliphatic carbocycles. The van der Waals surface area contributed by atoms with E-state index >= 15 is 0 Å². The van der Waals surface area contributed by atoms with Crippen molar-refractivity contribution < 1.29 is 4.79 Å². The van der Waals surface area contributed by atoms with E-state index in [1.54, 1.807) is 0 Å². The van der Waals surface area contributed by atoms with E-state index in [1.165, 1.54) is 5.56 Å². The summed E-state index contributed by atoms with van der Waals surface area (Å²) in [5.41, 5.74) is 2.72. The van der Waals surface area contributed by atoms with E-state index in [1.807, 2.05) is 6.92 Å². The van der Waals surface area contributed by atoms with Crippen LogP contribution in [0.5, 0.6) is 0 Å². The SMILES string of the molecule is CCc1c(C)nc(C)nc1N1CCC2(CCC(=O)N(CC)C2)CC1. The number of piperidine rings is 2. The number of rotatable bonds is 3. The number of carbonyl (C=O) groups is 1. The van der Waals surface area contributed by atoms with E-state index in [2.05, 4.69) is 35.6 Å². The van der Waals surface area contributed by atoms with Crippen molar-refractivity contribution in [2.24, 2.45) is 5.41 Å². The third kappa shape index (κ3) is 3.13. The lowest BCUT2D eigenvalue weighted by Crippen LogP contribution is -2.51. The number of amides is 1. The van der Waals surface area contributed by atoms with Gasteiger partial charge in [0.25, 0.3) is 0 Å². The topological polar surface area (TPSA) is 49.3 Å². The van der Waals surface area contributed by atoms with Crippen molar-refractivity contribution in [3.63, 3.8) is 0 Å². The summed E-state index contributed by atoms with van der Waals surface area (Å²) in [6.45, 7) is 12.2. The molecule has 3 heterocycles. The summed E-state index contributed by atoms with van der Waals surface area (Å²) >= 11 is 0. The number of aromatic nitrogens is 2. The van der Waals surface area contributed by atoms with Crippen LogP contribution in [0.2, 0.25) is 0 Å². The first kappa shape index (κ1) is 17.2. The van der Waals surface area contributed by atoms with Crippen LogP contribution in [0.3, 0.4) is 0 Å². The minimum absolute atomic E-state index is 0.323. The van der Waals surface area contributed by atoms with Crippen LogP contribution in [0, 0.1) is 19.3 Å². The molecule has 1 aromatic rings. The summed E-state index contributed by atoms with van der Waals surface area (Å²) in [7, 11) is 0. The predicted molar refractivity (Wildman–Crippen MR) is 96.3 cm³/mol. The van der Waals surface area contributed by atoms with Gasteiger partial charge in [-0.2, -0.15) is 0 Å². The Kier molecular flexibility index (Phi) is 4.79. The fourth-order valence-corrected chi connectivity index (χ4v) is 4.38. The van der Waals surface area contributed by atoms with E-state index in [0.717, 1.165) is 75.6 Å². The number of likely N-dealkylation sites (tertiary alicyclic amines) is 1. The van der Waals surface area contributed by atoms with Gasteiger partial charge < -0.3 is 9.80 Å². The zero-order valence-corrected chi connectivity index (χ0v) is 15.6. The Bertz CT molecular complexity index is 620. The van der Waals surface area contributed by atoms with E-state index in [9.17, 15) is 4.79 Å². The Morgan fingerprint density at radius 2 is 1.79 bits per heavy atom. The van der Waals surface area contributed by atoms with Gasteiger partial charge in [0.1, 0.15) is 11.6 Å². The molecule has 2 fully saturated rings. The highest BCUT2D eigenvalue weighted by molar-refractivity contribution is 5.77. The fourth-order valence-electron chi connectivity index (χ4n) is 4.38. The standard InChI is InChI=1S/C19H30N4O/c1-5-16-14(3)20-15(4)21-18(16)23-11-9-19(10-12-23)8-7-17(24)22(6-2)13-19/h5-13H2,1-4H3. The highest BCUT2D eigenvalue weighted by atomic mass is 16.2. The monoisotopic (exact) mass is 330 g/mol. The van der Waals surface area contributed by atoms with Crippen molar-refractivity contribution in [2.75, 3.05) is 31.1 Å². The van der Waals surface area contributed by atoms with Gasteiger partial charge in [0.05, 0.1) is 0 Å². The third-order valence-electron chi connectivity index (χ3n) is 5.91. The Balaban J connectivity index is 1.75. The van der Waals surface area contributed by atoms with Crippen LogP contribution in [-0.2, 0) is 11.2 Å². The smallest absolute Gasteiger partial charge is 0.222 e. The molecule has 3 rings (SSSR count). The Morgan fingerprint density at radius 1 is 1.08 bits per heavy atom. The maximum Gasteiger partial charge on any atom is 0.222 e. The highest BCUT2D eigenvalue weighted by Gasteiger charge is 2.41. The Morgan fingerprint density at radius 3 is 2.42 bits per heavy atom. The molecule has 2 aliphatic heterocycles. The minimum Gasteiger partial charge on any atom is -0.356 e. The number of anilines is 1. The third-order valence-corrected chi connectivity index (χ3v) is 5.91. The number of aryl methyl sites for hydroxylation is 2. The lowest BCUT2D eigenvalue weighted by Gasteiger charge is -2.47. The van der Waals surface area contributed by atoms with Gasteiger partial charge in [0.2, 0.25) is 5.91 Å². The van der Waals surface area contributed by atoms with Crippen LogP contribution >= 0.6 is 0 Å². The Hall–Kier alpha value is -1.65. The van der Waals surface area contributed by atoms with Gasteiger partial charge in [0.15, 0.2) is 0 Å². The van der Waals surface area contributed by atoms with Gasteiger partial charge in [-0.15, -0.1) is 0 Å². The van der Waals surface area contributed by atoms with Crippen LogP contribution in [0.4, 0.5) is 5.82 Å². The number of nitrogens with zero attached hydrogens (tertiary/aromatic N) is 4. The fraction of sp³-hybridized carbons (Fsp3) is 0.737. The maximum absolute atomic E-state index is 12.0. The first-order valence-corrected chi connectivity index (χ1v) is 9.35. The molecule has 0 atom stereocenters. The molecule has 5 nitrogen and oxygen atoms in total. The van der Waals surface area contributed by atoms with Crippen molar-refractivity contribution in [3.05, 3.63) is 17.1 Å². The van der Waals surface area contributed by atoms with E-state index < -0.39 is 0 Å². The first-order chi connectivity index (χ1) is 11.5. The summed E-state index contributed by atoms with van der Waals surface area (Å²) in [5.74, 6) is 2.33. The normalized spacial score (nSPS) is 20.8. The van der Waals surface area contributed by atoms with Crippen molar-refractivity contribution in [2.45, 2.75) is 59.8 Å². The number of carbonyl (C=O) groups excluding carboxylic acids is 1. The molecule has 1 spiro atoms. The second-order valence-corrected chi connectivity index (χ2v) is 7.41. The number of hydrogen-bond donors (Lipinski definition) is 0. The molecular formula is C19H30N4O. The molecule has 132 valence electrons. The second kappa shape index (κ2) is 6.69. The Labute approximate surface area is 145 Å². The van der Waals surface area contributed by atoms with Crippen LogP contribution in [0.25, 0.3) is 0 Å². The molecule has 24 heavy (non-hydrogen) atoms. The van der Waals surface area contributed by atoms with Gasteiger partial charge in [-0.3, -0.25) is 4.79 Å². The van der Waals surface area contributed by atoms with Crippen LogP contribution in [-0.4, -0.2) is 47.0 Å². The average molecular weight is 330 g/mol. The van der Waals surface area contributed by atoms with Crippen LogP contribution in [0.15, 0.2) is 0 Å². The molecule has 2 saturated heterocycles. The van der Waals surface area contributed by atoms with Crippen molar-refractivity contribution in [1.29, 1.82) is 0 Å². The predicted octanol–water partition coefficient (Wildman–Crippen LogP) is 2.88. The molecule has 5 heteroatoms. The minimum atomic E-state index is 0.323. The molecule has 1 amide bonds. The zero-order chi connectivity index (χ0) is 17.3. The van der Waals surface area contributed by atoms with Gasteiger partial charge >= 0.3 is 0 Å². The molecule has 0 saturated carbocycles. The average Bonchev–Trinajstić information content (AvgIpc) is 2.57. The van der Waals surface area contributed by atoms with E-state index in [4.69, 9.17) is 4.98 Å². The van der Waals surface area contributed by atoms with Gasteiger partial charge in [0, 0.05) is 43.9 Å². The molecule has 0 N–H and O–H groups in total. The molecule has 0 unspecified atom stereocenters. The summed E-state index contributed by atoms with van der Waals surface area (Å²) in [5, 5.41) is 0. The van der Waals surface area contributed by atoms with E-state index in [0.29, 0.717) is 11.3 Å². The van der Waals surface area contributed by atoms with Crippen molar-refractivity contribution in [1.82, 2.24) is 14.9 Å². The molecule has 1 aromatic heterocycles. The first-order valence-electron chi connectivity index (χ1n) is 9.35. The van der Waals surface area contributed by atoms with Gasteiger partial charge in [-0.05, 0) is 51.9 Å². The summed E-state index contributed by atoms with van der Waals surface area (Å²) < 4.78 is 0. The van der Waals surface area contributed by atoms with Crippen molar-refractivity contribution >= 4 is 11.7 Å². The van der Waals surface area contributed by atoms with Crippen molar-refractivity contribution in [3.8, 4) is 0 Å². The van der Waals surface area contributed by atoms with Gasteiger partial charge in [-0.25, -0.2) is 9.97 Å². The van der Waals surface area contributed by atoms with Gasteiger partial charge in [-0.1, -0.05) is 6.92 Å². The summed E-state index contributed by atoms with van der Waals surface area (Å²) in [4.78, 5) is 25.8. The maximum atomic E-state index is 12.0. The summed E-state index contributed by atoms with van der Waals surface area (Å²) in [6, 6.07) is 0. The molecule has 2 aliphatic rings. The lowest BCUT2D eigenvalue weighted by atomic mass is 9.72. The molecule has 0 bridgehead atoms. The van der Waals surface area contributed by atoms with Crippen LogP contribution < -0.4 is 4.90 Å². The quantitative estimate of drug-likeness (QED) is 0.855. The summed E-state index contributed by atoms with van der Waals surface area (Å²) in [6.07, 6.45) is 5.06. The molecule has 0 radical (unpaired) electrons. The molecular weight excluding hydrogens is 300 g/mol. The largest absolute Gasteiger partial charge is 0.356 e. The van der Waals surface area contributed by atoms with Crippen LogP contribution in [0.1, 0.15) is 56.6 Å². The zero-order valence-electron chi connectivity index (χ0n) is 15.6. The van der Waals surface area contributed by atoms with E-state index in [-0.39, 0.29) is 0 Å². The highest BCUT2D eigenvalue weighted by Crippen LogP contribution is 2.41. The second-order valence-electron chi connectivity index (χ2n) is 7.41. The molecule has 0 aromatic carbocycles.